The summed E-state index contributed by atoms with van der Waals surface area (Å²) in [6.45, 7) is 2.01. The van der Waals surface area contributed by atoms with Crippen LogP contribution < -0.4 is 0 Å². The van der Waals surface area contributed by atoms with E-state index in [9.17, 15) is 5.11 Å². The van der Waals surface area contributed by atoms with Crippen molar-refractivity contribution < 1.29 is 5.11 Å². The lowest BCUT2D eigenvalue weighted by atomic mass is 10.2. The van der Waals surface area contributed by atoms with Gasteiger partial charge in [-0.25, -0.2) is 0 Å². The van der Waals surface area contributed by atoms with Crippen molar-refractivity contribution in [2.45, 2.75) is 13.0 Å². The molecule has 0 radical (unpaired) electrons. The number of thioether (sulfide) groups is 1. The fourth-order valence-corrected chi connectivity index (χ4v) is 3.86. The molecule has 1 aromatic heterocycles. The second-order valence-corrected chi connectivity index (χ2v) is 7.81. The molecule has 0 aliphatic carbocycles. The van der Waals surface area contributed by atoms with E-state index in [4.69, 9.17) is 0 Å². The Bertz CT molecular complexity index is 947. The molecule has 1 aliphatic rings. The van der Waals surface area contributed by atoms with Crippen LogP contribution in [0, 0.1) is 6.92 Å². The Hall–Kier alpha value is -1.79. The molecule has 2 aromatic carbocycles. The summed E-state index contributed by atoms with van der Waals surface area (Å²) in [5.74, 6) is 2.25. The fourth-order valence-electron chi connectivity index (χ4n) is 2.87. The number of aromatic hydroxyl groups is 1. The maximum Gasteiger partial charge on any atom is 0.221 e. The highest BCUT2D eigenvalue weighted by Gasteiger charge is 2.27. The minimum atomic E-state index is 0.207. The lowest BCUT2D eigenvalue weighted by molar-refractivity contribution is 0.406. The molecule has 122 valence electrons. The van der Waals surface area contributed by atoms with Crippen LogP contribution in [-0.4, -0.2) is 21.2 Å². The van der Waals surface area contributed by atoms with Crippen LogP contribution in [-0.2, 0) is 0 Å². The Balaban J connectivity index is 1.80. The summed E-state index contributed by atoms with van der Waals surface area (Å²) in [5, 5.41) is 20.4. The van der Waals surface area contributed by atoms with Crippen LogP contribution in [0.4, 0.5) is 11.4 Å². The number of hydrogen-bond donors (Lipinski definition) is 1. The highest BCUT2D eigenvalue weighted by molar-refractivity contribution is 9.10. The Morgan fingerprint density at radius 3 is 2.67 bits per heavy atom. The van der Waals surface area contributed by atoms with Gasteiger partial charge in [0.25, 0.3) is 0 Å². The minimum absolute atomic E-state index is 0.207. The monoisotopic (exact) mass is 401 g/mol. The predicted octanol–water partition coefficient (Wildman–Crippen LogP) is 6.12. The summed E-state index contributed by atoms with van der Waals surface area (Å²) in [5.41, 5.74) is 3.43. The van der Waals surface area contributed by atoms with E-state index < -0.39 is 0 Å². The molecule has 1 N–H and O–H groups in total. The summed E-state index contributed by atoms with van der Waals surface area (Å²) in [4.78, 5) is 0. The first kappa shape index (κ1) is 15.7. The zero-order chi connectivity index (χ0) is 16.7. The average molecular weight is 402 g/mol. The van der Waals surface area contributed by atoms with Crippen LogP contribution in [0.15, 0.2) is 57.2 Å². The van der Waals surface area contributed by atoms with Crippen LogP contribution in [0.3, 0.4) is 0 Å². The quantitative estimate of drug-likeness (QED) is 0.537. The highest BCUT2D eigenvalue weighted by Crippen LogP contribution is 2.44. The lowest BCUT2D eigenvalue weighted by Crippen LogP contribution is -2.22. The smallest absolute Gasteiger partial charge is 0.221 e. The van der Waals surface area contributed by atoms with E-state index in [1.165, 1.54) is 0 Å². The summed E-state index contributed by atoms with van der Waals surface area (Å²) in [6, 6.07) is 14.1. The van der Waals surface area contributed by atoms with E-state index in [1.54, 1.807) is 0 Å². The van der Waals surface area contributed by atoms with Gasteiger partial charge in [0.2, 0.25) is 5.88 Å². The number of rotatable bonds is 3. The molecule has 0 saturated carbocycles. The molecule has 1 saturated heterocycles. The van der Waals surface area contributed by atoms with E-state index in [2.05, 4.69) is 26.2 Å². The van der Waals surface area contributed by atoms with Gasteiger partial charge in [-0.2, -0.15) is 16.9 Å². The number of fused-ring (bicyclic) bond motifs is 1. The van der Waals surface area contributed by atoms with Gasteiger partial charge in [0.1, 0.15) is 0 Å². The van der Waals surface area contributed by atoms with Crippen molar-refractivity contribution in [1.29, 1.82) is 0 Å². The van der Waals surface area contributed by atoms with Crippen molar-refractivity contribution >= 4 is 50.0 Å². The molecule has 0 bridgehead atoms. The molecule has 1 fully saturated rings. The Kier molecular flexibility index (Phi) is 4.10. The number of nitrogens with zero attached hydrogens (tertiary/aromatic N) is 3. The third-order valence-corrected chi connectivity index (χ3v) is 6.38. The third kappa shape index (κ3) is 2.63. The van der Waals surface area contributed by atoms with Crippen LogP contribution in [0.2, 0.25) is 0 Å². The van der Waals surface area contributed by atoms with Crippen molar-refractivity contribution in [3.63, 3.8) is 0 Å². The van der Waals surface area contributed by atoms with Gasteiger partial charge in [-0.05, 0) is 36.8 Å². The number of para-hydroxylation sites is 1. The van der Waals surface area contributed by atoms with Crippen molar-refractivity contribution in [2.75, 3.05) is 11.5 Å². The SMILES string of the molecule is Cc1cc(N=Nc2c(O)n(C3CSC3)c3ccccc23)ccc1Br. The van der Waals surface area contributed by atoms with Gasteiger partial charge in [-0.1, -0.05) is 34.1 Å². The molecule has 3 aromatic rings. The first-order chi connectivity index (χ1) is 11.6. The lowest BCUT2D eigenvalue weighted by Gasteiger charge is -2.27. The first-order valence-corrected chi connectivity index (χ1v) is 9.67. The second kappa shape index (κ2) is 6.26. The van der Waals surface area contributed by atoms with Crippen molar-refractivity contribution in [1.82, 2.24) is 4.57 Å². The van der Waals surface area contributed by atoms with E-state index in [1.807, 2.05) is 65.7 Å². The summed E-state index contributed by atoms with van der Waals surface area (Å²) in [6.07, 6.45) is 0. The van der Waals surface area contributed by atoms with Gasteiger partial charge in [-0.3, -0.25) is 0 Å². The minimum Gasteiger partial charge on any atom is -0.493 e. The normalized spacial score (nSPS) is 15.2. The van der Waals surface area contributed by atoms with Gasteiger partial charge in [0.15, 0.2) is 5.69 Å². The van der Waals surface area contributed by atoms with Gasteiger partial charge in [0, 0.05) is 21.4 Å². The van der Waals surface area contributed by atoms with Gasteiger partial charge in [0.05, 0.1) is 17.2 Å². The van der Waals surface area contributed by atoms with Gasteiger partial charge in [-0.15, -0.1) is 5.11 Å². The zero-order valence-electron chi connectivity index (χ0n) is 13.1. The zero-order valence-corrected chi connectivity index (χ0v) is 15.5. The van der Waals surface area contributed by atoms with Crippen LogP contribution in [0.5, 0.6) is 5.88 Å². The molecule has 2 heterocycles. The van der Waals surface area contributed by atoms with Gasteiger partial charge < -0.3 is 9.67 Å². The standard InChI is InChI=1S/C18H16BrN3OS/c1-11-8-12(6-7-15(11)19)20-21-17-14-4-2-3-5-16(14)22(18(17)23)13-9-24-10-13/h2-8,13,23H,9-10H2,1H3. The molecule has 0 amide bonds. The maximum atomic E-state index is 10.7. The number of hydrogen-bond acceptors (Lipinski definition) is 4. The van der Waals surface area contributed by atoms with Crippen molar-refractivity contribution in [3.8, 4) is 5.88 Å². The molecule has 4 nitrogen and oxygen atoms in total. The van der Waals surface area contributed by atoms with E-state index in [0.717, 1.165) is 38.1 Å². The molecule has 4 rings (SSSR count). The maximum absolute atomic E-state index is 10.7. The third-order valence-electron chi connectivity index (χ3n) is 4.25. The van der Waals surface area contributed by atoms with Gasteiger partial charge >= 0.3 is 0 Å². The molecule has 24 heavy (non-hydrogen) atoms. The first-order valence-electron chi connectivity index (χ1n) is 7.72. The molecular formula is C18H16BrN3OS. The largest absolute Gasteiger partial charge is 0.493 e. The molecule has 1 aliphatic heterocycles. The number of aryl methyl sites for hydroxylation is 1. The number of aromatic nitrogens is 1. The fraction of sp³-hybridized carbons (Fsp3) is 0.222. The Morgan fingerprint density at radius 1 is 1.17 bits per heavy atom. The molecule has 6 heteroatoms. The Morgan fingerprint density at radius 2 is 1.96 bits per heavy atom. The topological polar surface area (TPSA) is 49.9 Å². The number of halogens is 1. The van der Waals surface area contributed by atoms with Crippen molar-refractivity contribution in [3.05, 3.63) is 52.5 Å². The molecule has 0 atom stereocenters. The highest BCUT2D eigenvalue weighted by atomic mass is 79.9. The predicted molar refractivity (Wildman–Crippen MR) is 103 cm³/mol. The van der Waals surface area contributed by atoms with Crippen LogP contribution in [0.25, 0.3) is 10.9 Å². The van der Waals surface area contributed by atoms with E-state index >= 15 is 0 Å². The summed E-state index contributed by atoms with van der Waals surface area (Å²) < 4.78 is 3.04. The molecular weight excluding hydrogens is 386 g/mol. The number of benzene rings is 2. The van der Waals surface area contributed by atoms with E-state index in [-0.39, 0.29) is 5.88 Å². The van der Waals surface area contributed by atoms with Crippen molar-refractivity contribution in [2.24, 2.45) is 10.2 Å². The second-order valence-electron chi connectivity index (χ2n) is 5.88. The molecule has 0 spiro atoms. The molecule has 0 unspecified atom stereocenters. The Labute approximate surface area is 152 Å². The van der Waals surface area contributed by atoms with E-state index in [0.29, 0.717) is 11.7 Å². The van der Waals surface area contributed by atoms with Crippen LogP contribution >= 0.6 is 27.7 Å². The number of azo groups is 1. The average Bonchev–Trinajstić information content (AvgIpc) is 2.80. The summed E-state index contributed by atoms with van der Waals surface area (Å²) in [7, 11) is 0. The van der Waals surface area contributed by atoms with Crippen LogP contribution in [0.1, 0.15) is 11.6 Å². The summed E-state index contributed by atoms with van der Waals surface area (Å²) >= 11 is 5.37.